The Bertz CT molecular complexity index is 323. The van der Waals surface area contributed by atoms with E-state index in [1.807, 2.05) is 31.2 Å². The molecule has 0 saturated carbocycles. The third kappa shape index (κ3) is 4.49. The van der Waals surface area contributed by atoms with Gasteiger partial charge in [0.25, 0.3) is 0 Å². The third-order valence-corrected chi connectivity index (χ3v) is 2.19. The fourth-order valence-corrected chi connectivity index (χ4v) is 1.49. The van der Waals surface area contributed by atoms with E-state index in [0.717, 1.165) is 18.5 Å². The standard InChI is InChI=1S/C12H18N2O/c1-2-14-12(15)8-4-6-10-5-3-7-11(13)9-10/h3,5,7,9H,2,4,6,8,13H2,1H3,(H,14,15). The Balaban J connectivity index is 2.28. The SMILES string of the molecule is CCNC(=O)CCCc1cccc(N)c1. The minimum atomic E-state index is 0.126. The van der Waals surface area contributed by atoms with Crippen molar-refractivity contribution in [1.82, 2.24) is 5.32 Å². The molecule has 0 saturated heterocycles. The summed E-state index contributed by atoms with van der Waals surface area (Å²) in [4.78, 5) is 11.2. The van der Waals surface area contributed by atoms with Crippen molar-refractivity contribution in [3.63, 3.8) is 0 Å². The summed E-state index contributed by atoms with van der Waals surface area (Å²) >= 11 is 0. The fraction of sp³-hybridized carbons (Fsp3) is 0.417. The van der Waals surface area contributed by atoms with E-state index >= 15 is 0 Å². The second-order valence-electron chi connectivity index (χ2n) is 3.55. The molecule has 0 radical (unpaired) electrons. The second kappa shape index (κ2) is 6.06. The van der Waals surface area contributed by atoms with Gasteiger partial charge in [-0.15, -0.1) is 0 Å². The van der Waals surface area contributed by atoms with Crippen LogP contribution in [0.1, 0.15) is 25.3 Å². The highest BCUT2D eigenvalue weighted by molar-refractivity contribution is 5.75. The topological polar surface area (TPSA) is 55.1 Å². The van der Waals surface area contributed by atoms with Gasteiger partial charge in [-0.25, -0.2) is 0 Å². The first-order valence-corrected chi connectivity index (χ1v) is 5.33. The first-order chi connectivity index (χ1) is 7.22. The van der Waals surface area contributed by atoms with Crippen LogP contribution in [-0.2, 0) is 11.2 Å². The van der Waals surface area contributed by atoms with Crippen LogP contribution in [0.15, 0.2) is 24.3 Å². The number of hydrogen-bond acceptors (Lipinski definition) is 2. The number of anilines is 1. The number of aryl methyl sites for hydroxylation is 1. The summed E-state index contributed by atoms with van der Waals surface area (Å²) in [5.74, 6) is 0.126. The number of nitrogen functional groups attached to an aromatic ring is 1. The van der Waals surface area contributed by atoms with Crippen LogP contribution < -0.4 is 11.1 Å². The molecular formula is C12H18N2O. The van der Waals surface area contributed by atoms with E-state index in [-0.39, 0.29) is 5.91 Å². The predicted octanol–water partition coefficient (Wildman–Crippen LogP) is 1.73. The van der Waals surface area contributed by atoms with Crippen LogP contribution in [0.4, 0.5) is 5.69 Å². The lowest BCUT2D eigenvalue weighted by Gasteiger charge is -2.03. The Morgan fingerprint density at radius 1 is 1.47 bits per heavy atom. The zero-order chi connectivity index (χ0) is 11.1. The van der Waals surface area contributed by atoms with Gasteiger partial charge in [0.15, 0.2) is 0 Å². The zero-order valence-electron chi connectivity index (χ0n) is 9.12. The first-order valence-electron chi connectivity index (χ1n) is 5.33. The highest BCUT2D eigenvalue weighted by Gasteiger charge is 1.99. The number of carbonyl (C=O) groups is 1. The Labute approximate surface area is 90.7 Å². The highest BCUT2D eigenvalue weighted by atomic mass is 16.1. The lowest BCUT2D eigenvalue weighted by molar-refractivity contribution is -0.121. The van der Waals surface area contributed by atoms with Gasteiger partial charge in [0.2, 0.25) is 5.91 Å². The lowest BCUT2D eigenvalue weighted by Crippen LogP contribution is -2.22. The van der Waals surface area contributed by atoms with Crippen molar-refractivity contribution in [3.8, 4) is 0 Å². The van der Waals surface area contributed by atoms with Crippen LogP contribution in [0.3, 0.4) is 0 Å². The van der Waals surface area contributed by atoms with E-state index in [1.165, 1.54) is 5.56 Å². The number of carbonyl (C=O) groups excluding carboxylic acids is 1. The monoisotopic (exact) mass is 206 g/mol. The molecule has 0 bridgehead atoms. The van der Waals surface area contributed by atoms with Crippen LogP contribution >= 0.6 is 0 Å². The molecule has 1 aromatic rings. The molecular weight excluding hydrogens is 188 g/mol. The fourth-order valence-electron chi connectivity index (χ4n) is 1.49. The maximum absolute atomic E-state index is 11.2. The van der Waals surface area contributed by atoms with Gasteiger partial charge in [-0.3, -0.25) is 4.79 Å². The predicted molar refractivity (Wildman–Crippen MR) is 62.5 cm³/mol. The maximum Gasteiger partial charge on any atom is 0.219 e. The van der Waals surface area contributed by atoms with Crippen LogP contribution in [0.2, 0.25) is 0 Å². The zero-order valence-corrected chi connectivity index (χ0v) is 9.12. The Morgan fingerprint density at radius 3 is 2.93 bits per heavy atom. The van der Waals surface area contributed by atoms with Gasteiger partial charge in [-0.1, -0.05) is 12.1 Å². The van der Waals surface area contributed by atoms with E-state index in [0.29, 0.717) is 13.0 Å². The molecule has 1 aromatic carbocycles. The van der Waals surface area contributed by atoms with E-state index < -0.39 is 0 Å². The van der Waals surface area contributed by atoms with E-state index in [4.69, 9.17) is 5.73 Å². The lowest BCUT2D eigenvalue weighted by atomic mass is 10.1. The normalized spacial score (nSPS) is 9.93. The van der Waals surface area contributed by atoms with Crippen molar-refractivity contribution in [2.45, 2.75) is 26.2 Å². The summed E-state index contributed by atoms with van der Waals surface area (Å²) in [7, 11) is 0. The number of nitrogens with two attached hydrogens (primary N) is 1. The molecule has 1 amide bonds. The molecule has 3 heteroatoms. The molecule has 0 aromatic heterocycles. The summed E-state index contributed by atoms with van der Waals surface area (Å²) in [5, 5.41) is 2.78. The van der Waals surface area contributed by atoms with Gasteiger partial charge in [-0.05, 0) is 37.5 Å². The van der Waals surface area contributed by atoms with Crippen molar-refractivity contribution in [2.24, 2.45) is 0 Å². The highest BCUT2D eigenvalue weighted by Crippen LogP contribution is 2.09. The maximum atomic E-state index is 11.2. The number of amides is 1. The molecule has 0 fully saturated rings. The van der Waals surface area contributed by atoms with Crippen molar-refractivity contribution in [1.29, 1.82) is 0 Å². The van der Waals surface area contributed by atoms with E-state index in [2.05, 4.69) is 5.32 Å². The van der Waals surface area contributed by atoms with Crippen LogP contribution in [0, 0.1) is 0 Å². The molecule has 0 aliphatic heterocycles. The summed E-state index contributed by atoms with van der Waals surface area (Å²) in [6, 6.07) is 7.80. The Morgan fingerprint density at radius 2 is 2.27 bits per heavy atom. The second-order valence-corrected chi connectivity index (χ2v) is 3.55. The van der Waals surface area contributed by atoms with Crippen molar-refractivity contribution in [2.75, 3.05) is 12.3 Å². The summed E-state index contributed by atoms with van der Waals surface area (Å²) in [6.07, 6.45) is 2.36. The average Bonchev–Trinajstić information content (AvgIpc) is 2.18. The first kappa shape index (κ1) is 11.6. The molecule has 0 aliphatic rings. The van der Waals surface area contributed by atoms with Crippen molar-refractivity contribution < 1.29 is 4.79 Å². The van der Waals surface area contributed by atoms with Gasteiger partial charge in [0.05, 0.1) is 0 Å². The number of rotatable bonds is 5. The smallest absolute Gasteiger partial charge is 0.219 e. The number of nitrogens with one attached hydrogen (secondary N) is 1. The van der Waals surface area contributed by atoms with Gasteiger partial charge in [0, 0.05) is 18.7 Å². The van der Waals surface area contributed by atoms with Gasteiger partial charge in [0.1, 0.15) is 0 Å². The summed E-state index contributed by atoms with van der Waals surface area (Å²) in [6.45, 7) is 2.63. The molecule has 15 heavy (non-hydrogen) atoms. The molecule has 0 atom stereocenters. The van der Waals surface area contributed by atoms with Gasteiger partial charge < -0.3 is 11.1 Å². The van der Waals surface area contributed by atoms with Crippen LogP contribution in [0.25, 0.3) is 0 Å². The Hall–Kier alpha value is -1.51. The summed E-state index contributed by atoms with van der Waals surface area (Å²) in [5.41, 5.74) is 7.64. The molecule has 0 heterocycles. The van der Waals surface area contributed by atoms with E-state index in [1.54, 1.807) is 0 Å². The molecule has 0 spiro atoms. The van der Waals surface area contributed by atoms with E-state index in [9.17, 15) is 4.79 Å². The molecule has 0 unspecified atom stereocenters. The molecule has 3 N–H and O–H groups in total. The molecule has 0 aliphatic carbocycles. The number of benzene rings is 1. The quantitative estimate of drug-likeness (QED) is 0.721. The van der Waals surface area contributed by atoms with Crippen molar-refractivity contribution >= 4 is 11.6 Å². The average molecular weight is 206 g/mol. The summed E-state index contributed by atoms with van der Waals surface area (Å²) < 4.78 is 0. The molecule has 3 nitrogen and oxygen atoms in total. The minimum Gasteiger partial charge on any atom is -0.399 e. The van der Waals surface area contributed by atoms with Gasteiger partial charge >= 0.3 is 0 Å². The molecule has 1 rings (SSSR count). The third-order valence-electron chi connectivity index (χ3n) is 2.19. The van der Waals surface area contributed by atoms with Gasteiger partial charge in [-0.2, -0.15) is 0 Å². The van der Waals surface area contributed by atoms with Crippen molar-refractivity contribution in [3.05, 3.63) is 29.8 Å². The molecule has 82 valence electrons. The van der Waals surface area contributed by atoms with Crippen LogP contribution in [-0.4, -0.2) is 12.5 Å². The largest absolute Gasteiger partial charge is 0.399 e. The van der Waals surface area contributed by atoms with Crippen LogP contribution in [0.5, 0.6) is 0 Å². The minimum absolute atomic E-state index is 0.126. The number of hydrogen-bond donors (Lipinski definition) is 2. The Kier molecular flexibility index (Phi) is 4.68.